The van der Waals surface area contributed by atoms with Crippen molar-refractivity contribution in [2.45, 2.75) is 75.1 Å². The Morgan fingerprint density at radius 2 is 1.90 bits per heavy atom. The van der Waals surface area contributed by atoms with Crippen LogP contribution >= 0.6 is 0 Å². The van der Waals surface area contributed by atoms with Gasteiger partial charge >= 0.3 is 12.4 Å². The number of aromatic nitrogens is 2. The molecule has 2 saturated heterocycles. The van der Waals surface area contributed by atoms with Gasteiger partial charge in [-0.2, -0.15) is 36.6 Å². The second-order valence-electron chi connectivity index (χ2n) is 10.6. The number of hydrogen-bond donors (Lipinski definition) is 3. The third-order valence-corrected chi connectivity index (χ3v) is 7.27. The minimum Gasteiger partial charge on any atom is -0.488 e. The fourth-order valence-corrected chi connectivity index (χ4v) is 5.30. The van der Waals surface area contributed by atoms with Crippen molar-refractivity contribution in [3.63, 3.8) is 0 Å². The van der Waals surface area contributed by atoms with Gasteiger partial charge in [-0.15, -0.1) is 0 Å². The quantitative estimate of drug-likeness (QED) is 0.383. The normalized spacial score (nSPS) is 21.4. The summed E-state index contributed by atoms with van der Waals surface area (Å²) in [4.78, 5) is 10.5. The number of benzene rings is 1. The highest BCUT2D eigenvalue weighted by atomic mass is 19.4. The highest BCUT2D eigenvalue weighted by molar-refractivity contribution is 5.61. The van der Waals surface area contributed by atoms with E-state index in [0.29, 0.717) is 6.04 Å². The molecule has 0 amide bonds. The first-order valence-corrected chi connectivity index (χ1v) is 12.4. The Kier molecular flexibility index (Phi) is 7.81. The van der Waals surface area contributed by atoms with Crippen LogP contribution in [0.2, 0.25) is 0 Å². The number of nitrogens with one attached hydrogen (secondary N) is 2. The molecule has 1 aromatic carbocycles. The first kappa shape index (κ1) is 29.6. The number of fused-ring (bicyclic) bond motifs is 1. The number of rotatable bonds is 7. The molecule has 0 unspecified atom stereocenters. The van der Waals surface area contributed by atoms with E-state index in [-0.39, 0.29) is 29.0 Å². The van der Waals surface area contributed by atoms with E-state index in [0.717, 1.165) is 50.6 Å². The van der Waals surface area contributed by atoms with Crippen molar-refractivity contribution in [3.8, 4) is 11.8 Å². The molecule has 2 atom stereocenters. The summed E-state index contributed by atoms with van der Waals surface area (Å²) in [5.41, 5.74) is -5.51. The van der Waals surface area contributed by atoms with Crippen LogP contribution < -0.4 is 15.4 Å². The predicted octanol–water partition coefficient (Wildman–Crippen LogP) is 5.28. The van der Waals surface area contributed by atoms with Crippen LogP contribution in [0.5, 0.6) is 5.75 Å². The Morgan fingerprint density at radius 3 is 2.55 bits per heavy atom. The molecule has 0 bridgehead atoms. The molecule has 8 nitrogen and oxygen atoms in total. The topological polar surface area (TPSA) is 106 Å². The lowest BCUT2D eigenvalue weighted by atomic mass is 9.84. The number of alkyl halides is 6. The fraction of sp³-hybridized carbons (Fsp3) is 0.560. The van der Waals surface area contributed by atoms with Crippen LogP contribution in [0.4, 0.5) is 48.2 Å². The maximum absolute atomic E-state index is 14.6. The van der Waals surface area contributed by atoms with Crippen LogP contribution in [0.25, 0.3) is 0 Å². The van der Waals surface area contributed by atoms with E-state index in [1.165, 1.54) is 6.07 Å². The SMILES string of the molecule is CC1(C)C[C@H](Nc2nc(Nc3ccc(OCC(O)(C(F)(F)F)C(F)(F)F)c(C#N)c3)ncc2F)C[C@H]2CCCN21. The summed E-state index contributed by atoms with van der Waals surface area (Å²) >= 11 is 0. The summed E-state index contributed by atoms with van der Waals surface area (Å²) in [5.74, 6) is -1.41. The number of piperidine rings is 1. The lowest BCUT2D eigenvalue weighted by Crippen LogP contribution is -2.60. The Balaban J connectivity index is 1.47. The van der Waals surface area contributed by atoms with Gasteiger partial charge in [-0.1, -0.05) is 0 Å². The third-order valence-electron chi connectivity index (χ3n) is 7.27. The van der Waals surface area contributed by atoms with Crippen molar-refractivity contribution in [2.24, 2.45) is 0 Å². The standard InChI is InChI=1S/C25H27F7N6O2/c1-22(2)10-16(9-17-4-3-7-38(17)22)35-20-18(26)12-34-21(37-20)36-15-5-6-19(14(8-15)11-33)40-13-23(39,24(27,28)29)25(30,31)32/h5-6,8,12,16-17,39H,3-4,7,9-10,13H2,1-2H3,(H2,34,35,36,37)/t16-,17-/m1/s1. The van der Waals surface area contributed by atoms with Crippen LogP contribution in [-0.4, -0.2) is 68.7 Å². The molecule has 2 aromatic rings. The van der Waals surface area contributed by atoms with Gasteiger partial charge in [-0.3, -0.25) is 4.90 Å². The Hall–Kier alpha value is -3.38. The average molecular weight is 577 g/mol. The van der Waals surface area contributed by atoms with E-state index in [1.807, 2.05) is 0 Å². The van der Waals surface area contributed by atoms with E-state index in [4.69, 9.17) is 0 Å². The number of anilines is 3. The highest BCUT2D eigenvalue weighted by Crippen LogP contribution is 2.43. The number of aliphatic hydroxyl groups is 1. The molecular formula is C25H27F7N6O2. The Bertz CT molecular complexity index is 1260. The Morgan fingerprint density at radius 1 is 1.20 bits per heavy atom. The number of halogens is 7. The maximum atomic E-state index is 14.6. The molecule has 3 N–H and O–H groups in total. The molecule has 3 heterocycles. The zero-order valence-electron chi connectivity index (χ0n) is 21.5. The zero-order valence-corrected chi connectivity index (χ0v) is 21.5. The van der Waals surface area contributed by atoms with Gasteiger partial charge in [0.25, 0.3) is 5.60 Å². The van der Waals surface area contributed by atoms with Crippen LogP contribution in [0.15, 0.2) is 24.4 Å². The van der Waals surface area contributed by atoms with Gasteiger partial charge in [0.1, 0.15) is 18.4 Å². The molecule has 15 heteroatoms. The molecule has 40 heavy (non-hydrogen) atoms. The van der Waals surface area contributed by atoms with Crippen LogP contribution in [0, 0.1) is 17.1 Å². The second-order valence-corrected chi connectivity index (χ2v) is 10.6. The molecule has 1 aromatic heterocycles. The van der Waals surface area contributed by atoms with Crippen molar-refractivity contribution in [1.29, 1.82) is 5.26 Å². The molecule has 4 rings (SSSR count). The summed E-state index contributed by atoms with van der Waals surface area (Å²) in [5, 5.41) is 24.5. The van der Waals surface area contributed by atoms with Gasteiger partial charge in [-0.05, 0) is 64.3 Å². The lowest BCUT2D eigenvalue weighted by molar-refractivity contribution is -0.373. The third kappa shape index (κ3) is 5.87. The van der Waals surface area contributed by atoms with Gasteiger partial charge in [-0.25, -0.2) is 9.37 Å². The number of nitrogens with zero attached hydrogens (tertiary/aromatic N) is 4. The maximum Gasteiger partial charge on any atom is 0.429 e. The van der Waals surface area contributed by atoms with Gasteiger partial charge < -0.3 is 20.5 Å². The zero-order chi connectivity index (χ0) is 29.5. The van der Waals surface area contributed by atoms with Crippen molar-refractivity contribution in [3.05, 3.63) is 35.8 Å². The molecule has 0 spiro atoms. The van der Waals surface area contributed by atoms with Crippen molar-refractivity contribution in [1.82, 2.24) is 14.9 Å². The lowest BCUT2D eigenvalue weighted by Gasteiger charge is -2.47. The average Bonchev–Trinajstić information content (AvgIpc) is 3.33. The summed E-state index contributed by atoms with van der Waals surface area (Å²) in [7, 11) is 0. The van der Waals surface area contributed by atoms with E-state index >= 15 is 0 Å². The summed E-state index contributed by atoms with van der Waals surface area (Å²) in [6, 6.07) is 5.17. The monoisotopic (exact) mass is 576 g/mol. The molecule has 0 aliphatic carbocycles. The molecule has 2 aliphatic rings. The van der Waals surface area contributed by atoms with Crippen molar-refractivity contribution in [2.75, 3.05) is 23.8 Å². The van der Waals surface area contributed by atoms with Crippen LogP contribution in [0.1, 0.15) is 45.1 Å². The highest BCUT2D eigenvalue weighted by Gasteiger charge is 2.71. The van der Waals surface area contributed by atoms with Crippen LogP contribution in [0.3, 0.4) is 0 Å². The summed E-state index contributed by atoms with van der Waals surface area (Å²) in [6.45, 7) is 3.11. The van der Waals surface area contributed by atoms with Gasteiger partial charge in [0, 0.05) is 23.3 Å². The minimum atomic E-state index is -6.07. The second kappa shape index (κ2) is 10.5. The molecule has 2 fully saturated rings. The number of ether oxygens (including phenoxy) is 1. The largest absolute Gasteiger partial charge is 0.488 e. The first-order valence-electron chi connectivity index (χ1n) is 12.4. The summed E-state index contributed by atoms with van der Waals surface area (Å²) < 4.78 is 96.7. The molecule has 0 radical (unpaired) electrons. The van der Waals surface area contributed by atoms with Crippen LogP contribution in [-0.2, 0) is 0 Å². The molecular weight excluding hydrogens is 549 g/mol. The van der Waals surface area contributed by atoms with E-state index < -0.39 is 41.7 Å². The van der Waals surface area contributed by atoms with Gasteiger partial charge in [0.15, 0.2) is 11.6 Å². The van der Waals surface area contributed by atoms with E-state index in [1.54, 1.807) is 6.07 Å². The number of nitriles is 1. The smallest absolute Gasteiger partial charge is 0.429 e. The van der Waals surface area contributed by atoms with Crippen molar-refractivity contribution >= 4 is 17.5 Å². The predicted molar refractivity (Wildman–Crippen MR) is 129 cm³/mol. The molecule has 218 valence electrons. The fourth-order valence-electron chi connectivity index (χ4n) is 5.30. The van der Waals surface area contributed by atoms with Crippen molar-refractivity contribution < 1.29 is 40.6 Å². The molecule has 0 saturated carbocycles. The summed E-state index contributed by atoms with van der Waals surface area (Å²) in [6.07, 6.45) is -7.44. The Labute approximate surface area is 225 Å². The minimum absolute atomic E-state index is 0.0382. The van der Waals surface area contributed by atoms with Gasteiger partial charge in [0.05, 0.1) is 11.8 Å². The van der Waals surface area contributed by atoms with E-state index in [2.05, 4.69) is 44.1 Å². The number of hydrogen-bond acceptors (Lipinski definition) is 8. The van der Waals surface area contributed by atoms with E-state index in [9.17, 15) is 41.1 Å². The van der Waals surface area contributed by atoms with Gasteiger partial charge in [0.2, 0.25) is 5.95 Å². The molecule has 2 aliphatic heterocycles. The first-order chi connectivity index (χ1) is 18.5.